The molecule has 0 rings (SSSR count). The normalized spacial score (nSPS) is 11.5. The van der Waals surface area contributed by atoms with E-state index in [9.17, 15) is 4.79 Å². The van der Waals surface area contributed by atoms with Gasteiger partial charge in [0.2, 0.25) is 0 Å². The number of carbonyl (C=O) groups is 1. The van der Waals surface area contributed by atoms with E-state index in [1.165, 1.54) is 7.11 Å². The van der Waals surface area contributed by atoms with Gasteiger partial charge in [-0.25, -0.2) is 0 Å². The Kier molecular flexibility index (Phi) is 8.21. The van der Waals surface area contributed by atoms with Gasteiger partial charge in [-0.05, 0) is 33.2 Å². The van der Waals surface area contributed by atoms with E-state index in [1.54, 1.807) is 0 Å². The molecular formula is C12H25NO3. The van der Waals surface area contributed by atoms with Crippen LogP contribution in [0.25, 0.3) is 0 Å². The second-order valence-corrected chi connectivity index (χ2v) is 4.52. The van der Waals surface area contributed by atoms with Gasteiger partial charge in [-0.3, -0.25) is 4.79 Å². The van der Waals surface area contributed by atoms with E-state index >= 15 is 0 Å². The molecule has 0 aliphatic heterocycles. The molecule has 0 atom stereocenters. The lowest BCUT2D eigenvalue weighted by Gasteiger charge is -2.21. The maximum Gasteiger partial charge on any atom is 0.312 e. The summed E-state index contributed by atoms with van der Waals surface area (Å²) < 4.78 is 10.1. The minimum Gasteiger partial charge on any atom is -0.469 e. The van der Waals surface area contributed by atoms with Gasteiger partial charge in [-0.1, -0.05) is 6.92 Å². The van der Waals surface area contributed by atoms with Crippen LogP contribution in [0.4, 0.5) is 0 Å². The summed E-state index contributed by atoms with van der Waals surface area (Å²) in [5.74, 6) is -0.178. The molecule has 0 aromatic rings. The van der Waals surface area contributed by atoms with Crippen LogP contribution in [0.15, 0.2) is 0 Å². The van der Waals surface area contributed by atoms with E-state index in [4.69, 9.17) is 9.47 Å². The number of esters is 1. The van der Waals surface area contributed by atoms with Crippen molar-refractivity contribution in [1.29, 1.82) is 0 Å². The molecule has 96 valence electrons. The largest absolute Gasteiger partial charge is 0.469 e. The third kappa shape index (κ3) is 6.80. The zero-order chi connectivity index (χ0) is 12.4. The van der Waals surface area contributed by atoms with Gasteiger partial charge in [-0.2, -0.15) is 0 Å². The maximum absolute atomic E-state index is 11.4. The van der Waals surface area contributed by atoms with Crippen LogP contribution < -0.4 is 5.32 Å². The topological polar surface area (TPSA) is 47.6 Å². The van der Waals surface area contributed by atoms with E-state index in [1.807, 2.05) is 13.8 Å². The molecule has 0 aliphatic rings. The molecule has 16 heavy (non-hydrogen) atoms. The Balaban J connectivity index is 3.47. The summed E-state index contributed by atoms with van der Waals surface area (Å²) in [7, 11) is 1.42. The number of methoxy groups -OCH3 is 1. The summed E-state index contributed by atoms with van der Waals surface area (Å²) >= 11 is 0. The van der Waals surface area contributed by atoms with Gasteiger partial charge >= 0.3 is 5.97 Å². The smallest absolute Gasteiger partial charge is 0.312 e. The summed E-state index contributed by atoms with van der Waals surface area (Å²) in [6.07, 6.45) is 2.03. The third-order valence-electron chi connectivity index (χ3n) is 2.30. The number of hydrogen-bond acceptors (Lipinski definition) is 4. The molecule has 1 N–H and O–H groups in total. The Bertz CT molecular complexity index is 193. The highest BCUT2D eigenvalue weighted by Crippen LogP contribution is 2.14. The number of ether oxygens (including phenoxy) is 2. The van der Waals surface area contributed by atoms with Crippen molar-refractivity contribution in [2.75, 3.05) is 33.4 Å². The van der Waals surface area contributed by atoms with Crippen LogP contribution >= 0.6 is 0 Å². The van der Waals surface area contributed by atoms with Crippen LogP contribution in [0.1, 0.15) is 33.6 Å². The van der Waals surface area contributed by atoms with Gasteiger partial charge in [0.25, 0.3) is 0 Å². The molecule has 0 saturated carbocycles. The first-order chi connectivity index (χ1) is 7.54. The standard InChI is InChI=1S/C12H25NO3/c1-5-8-16-9-6-7-13-10-12(2,3)11(14)15-4/h13H,5-10H2,1-4H3. The van der Waals surface area contributed by atoms with Gasteiger partial charge in [0.15, 0.2) is 0 Å². The zero-order valence-corrected chi connectivity index (χ0v) is 11.0. The Hall–Kier alpha value is -0.610. The van der Waals surface area contributed by atoms with Gasteiger partial charge in [0.1, 0.15) is 0 Å². The second kappa shape index (κ2) is 8.53. The molecule has 0 saturated heterocycles. The van der Waals surface area contributed by atoms with Gasteiger partial charge in [0.05, 0.1) is 12.5 Å². The number of hydrogen-bond donors (Lipinski definition) is 1. The molecule has 0 aromatic heterocycles. The van der Waals surface area contributed by atoms with Crippen LogP contribution in [0.2, 0.25) is 0 Å². The summed E-state index contributed by atoms with van der Waals surface area (Å²) in [4.78, 5) is 11.4. The van der Waals surface area contributed by atoms with Crippen LogP contribution in [-0.4, -0.2) is 39.4 Å². The van der Waals surface area contributed by atoms with E-state index in [0.29, 0.717) is 6.54 Å². The first-order valence-corrected chi connectivity index (χ1v) is 5.91. The Morgan fingerprint density at radius 3 is 2.56 bits per heavy atom. The molecule has 4 nitrogen and oxygen atoms in total. The summed E-state index contributed by atoms with van der Waals surface area (Å²) in [5.41, 5.74) is -0.459. The maximum atomic E-state index is 11.4. The highest BCUT2D eigenvalue weighted by Gasteiger charge is 2.27. The second-order valence-electron chi connectivity index (χ2n) is 4.52. The quantitative estimate of drug-likeness (QED) is 0.483. The molecule has 0 amide bonds. The molecule has 0 bridgehead atoms. The number of rotatable bonds is 9. The van der Waals surface area contributed by atoms with Crippen molar-refractivity contribution < 1.29 is 14.3 Å². The number of nitrogens with one attached hydrogen (secondary N) is 1. The molecular weight excluding hydrogens is 206 g/mol. The summed E-state index contributed by atoms with van der Waals surface area (Å²) in [6.45, 7) is 8.95. The fourth-order valence-corrected chi connectivity index (χ4v) is 1.29. The molecule has 0 fully saturated rings. The first-order valence-electron chi connectivity index (χ1n) is 5.91. The van der Waals surface area contributed by atoms with E-state index < -0.39 is 5.41 Å². The van der Waals surface area contributed by atoms with Crippen molar-refractivity contribution in [2.45, 2.75) is 33.6 Å². The average molecular weight is 231 g/mol. The predicted molar refractivity (Wildman–Crippen MR) is 64.4 cm³/mol. The van der Waals surface area contributed by atoms with Crippen LogP contribution in [0.5, 0.6) is 0 Å². The van der Waals surface area contributed by atoms with Crippen LogP contribution in [-0.2, 0) is 14.3 Å². The Labute approximate surface area is 98.7 Å². The fourth-order valence-electron chi connectivity index (χ4n) is 1.29. The minimum absolute atomic E-state index is 0.178. The summed E-state index contributed by atoms with van der Waals surface area (Å²) in [6, 6.07) is 0. The lowest BCUT2D eigenvalue weighted by atomic mass is 9.94. The Morgan fingerprint density at radius 1 is 1.31 bits per heavy atom. The molecule has 0 spiro atoms. The molecule has 4 heteroatoms. The van der Waals surface area contributed by atoms with E-state index in [2.05, 4.69) is 12.2 Å². The highest BCUT2D eigenvalue weighted by atomic mass is 16.5. The summed E-state index contributed by atoms with van der Waals surface area (Å²) in [5, 5.41) is 3.24. The van der Waals surface area contributed by atoms with E-state index in [0.717, 1.165) is 32.6 Å². The monoisotopic (exact) mass is 231 g/mol. The molecule has 0 aliphatic carbocycles. The average Bonchev–Trinajstić information content (AvgIpc) is 2.26. The zero-order valence-electron chi connectivity index (χ0n) is 11.0. The van der Waals surface area contributed by atoms with Crippen molar-refractivity contribution in [3.05, 3.63) is 0 Å². The van der Waals surface area contributed by atoms with Gasteiger partial charge < -0.3 is 14.8 Å². The third-order valence-corrected chi connectivity index (χ3v) is 2.30. The van der Waals surface area contributed by atoms with Crippen LogP contribution in [0, 0.1) is 5.41 Å². The van der Waals surface area contributed by atoms with Crippen molar-refractivity contribution in [1.82, 2.24) is 5.32 Å². The minimum atomic E-state index is -0.459. The van der Waals surface area contributed by atoms with Crippen molar-refractivity contribution in [3.63, 3.8) is 0 Å². The molecule has 0 heterocycles. The molecule has 0 radical (unpaired) electrons. The van der Waals surface area contributed by atoms with E-state index in [-0.39, 0.29) is 5.97 Å². The number of carbonyl (C=O) groups excluding carboxylic acids is 1. The first kappa shape index (κ1) is 15.4. The predicted octanol–water partition coefficient (Wildman–Crippen LogP) is 1.59. The molecule has 0 unspecified atom stereocenters. The lowest BCUT2D eigenvalue weighted by molar-refractivity contribution is -0.150. The molecule has 0 aromatic carbocycles. The fraction of sp³-hybridized carbons (Fsp3) is 0.917. The Morgan fingerprint density at radius 2 is 2.00 bits per heavy atom. The van der Waals surface area contributed by atoms with Crippen molar-refractivity contribution in [2.24, 2.45) is 5.41 Å². The van der Waals surface area contributed by atoms with Crippen LogP contribution in [0.3, 0.4) is 0 Å². The SMILES string of the molecule is CCCOCCCNCC(C)(C)C(=O)OC. The van der Waals surface area contributed by atoms with Gasteiger partial charge in [-0.15, -0.1) is 0 Å². The van der Waals surface area contributed by atoms with Gasteiger partial charge in [0, 0.05) is 19.8 Å². The highest BCUT2D eigenvalue weighted by molar-refractivity contribution is 5.75. The van der Waals surface area contributed by atoms with Crippen molar-refractivity contribution >= 4 is 5.97 Å². The van der Waals surface area contributed by atoms with Crippen molar-refractivity contribution in [3.8, 4) is 0 Å². The lowest BCUT2D eigenvalue weighted by Crippen LogP contribution is -2.37.